The van der Waals surface area contributed by atoms with E-state index in [1.165, 1.54) is 0 Å². The molecule has 0 fully saturated rings. The van der Waals surface area contributed by atoms with Crippen LogP contribution in [0.3, 0.4) is 0 Å². The van der Waals surface area contributed by atoms with Crippen molar-refractivity contribution in [2.75, 3.05) is 0 Å². The molecular weight excluding hydrogens is 280 g/mol. The highest BCUT2D eigenvalue weighted by atomic mass is 16.4. The van der Waals surface area contributed by atoms with E-state index >= 15 is 0 Å². The van der Waals surface area contributed by atoms with E-state index in [1.54, 1.807) is 30.6 Å². The summed E-state index contributed by atoms with van der Waals surface area (Å²) < 4.78 is 5.52. The van der Waals surface area contributed by atoms with Gasteiger partial charge in [-0.25, -0.2) is 0 Å². The quantitative estimate of drug-likeness (QED) is 0.799. The first kappa shape index (κ1) is 13.9. The van der Waals surface area contributed by atoms with Gasteiger partial charge in [0.2, 0.25) is 11.8 Å². The fraction of sp³-hybridized carbons (Fsp3) is 0.125. The van der Waals surface area contributed by atoms with Gasteiger partial charge in [0.15, 0.2) is 0 Å². The largest absolute Gasteiger partial charge is 0.419 e. The van der Waals surface area contributed by atoms with Crippen LogP contribution in [0.25, 0.3) is 11.5 Å². The van der Waals surface area contributed by atoms with Crippen LogP contribution >= 0.6 is 0 Å². The highest BCUT2D eigenvalue weighted by Crippen LogP contribution is 2.16. The number of hydrogen-bond donors (Lipinski definition) is 1. The Bertz CT molecular complexity index is 784. The van der Waals surface area contributed by atoms with Crippen LogP contribution in [0.5, 0.6) is 0 Å². The van der Waals surface area contributed by atoms with Crippen molar-refractivity contribution in [3.05, 3.63) is 65.8 Å². The Balaban J connectivity index is 1.67. The highest BCUT2D eigenvalue weighted by molar-refractivity contribution is 5.95. The highest BCUT2D eigenvalue weighted by Gasteiger charge is 2.11. The third-order valence-corrected chi connectivity index (χ3v) is 3.18. The van der Waals surface area contributed by atoms with Gasteiger partial charge in [-0.3, -0.25) is 9.78 Å². The standard InChI is InChI=1S/C16H14N4O2/c1-11-4-2-3-5-13(11)15(21)18-10-14-19-20-16(22-14)12-6-8-17-9-7-12/h2-9H,10H2,1H3,(H,18,21). The molecule has 0 bridgehead atoms. The predicted octanol–water partition coefficient (Wildman–Crippen LogP) is 2.37. The van der Waals surface area contributed by atoms with Crippen molar-refractivity contribution < 1.29 is 9.21 Å². The zero-order valence-corrected chi connectivity index (χ0v) is 12.0. The maximum atomic E-state index is 12.1. The summed E-state index contributed by atoms with van der Waals surface area (Å²) in [5.41, 5.74) is 2.35. The van der Waals surface area contributed by atoms with Crippen LogP contribution in [-0.4, -0.2) is 21.1 Å². The Labute approximate surface area is 127 Å². The van der Waals surface area contributed by atoms with E-state index in [1.807, 2.05) is 25.1 Å². The summed E-state index contributed by atoms with van der Waals surface area (Å²) in [6, 6.07) is 11.0. The number of pyridine rings is 1. The van der Waals surface area contributed by atoms with E-state index in [0.717, 1.165) is 11.1 Å². The maximum absolute atomic E-state index is 12.1. The molecule has 0 unspecified atom stereocenters. The summed E-state index contributed by atoms with van der Waals surface area (Å²) in [4.78, 5) is 16.0. The van der Waals surface area contributed by atoms with E-state index in [2.05, 4.69) is 20.5 Å². The van der Waals surface area contributed by atoms with E-state index in [0.29, 0.717) is 17.3 Å². The van der Waals surface area contributed by atoms with Crippen LogP contribution in [0.1, 0.15) is 21.8 Å². The number of amides is 1. The Morgan fingerprint density at radius 2 is 1.91 bits per heavy atom. The summed E-state index contributed by atoms with van der Waals surface area (Å²) in [6.07, 6.45) is 3.30. The molecule has 0 aliphatic rings. The lowest BCUT2D eigenvalue weighted by Crippen LogP contribution is -2.23. The molecule has 22 heavy (non-hydrogen) atoms. The molecule has 6 heteroatoms. The average molecular weight is 294 g/mol. The molecule has 2 aromatic heterocycles. The number of nitrogens with zero attached hydrogens (tertiary/aromatic N) is 3. The predicted molar refractivity (Wildman–Crippen MR) is 79.9 cm³/mol. The second-order valence-corrected chi connectivity index (χ2v) is 4.73. The van der Waals surface area contributed by atoms with Gasteiger partial charge >= 0.3 is 0 Å². The second kappa shape index (κ2) is 6.17. The molecule has 1 N–H and O–H groups in total. The molecule has 0 saturated carbocycles. The zero-order valence-electron chi connectivity index (χ0n) is 12.0. The molecule has 110 valence electrons. The number of carbonyl (C=O) groups excluding carboxylic acids is 1. The van der Waals surface area contributed by atoms with Crippen LogP contribution in [0.15, 0.2) is 53.2 Å². The monoisotopic (exact) mass is 294 g/mol. The maximum Gasteiger partial charge on any atom is 0.251 e. The van der Waals surface area contributed by atoms with Crippen molar-refractivity contribution >= 4 is 5.91 Å². The molecule has 1 aromatic carbocycles. The third-order valence-electron chi connectivity index (χ3n) is 3.18. The summed E-state index contributed by atoms with van der Waals surface area (Å²) in [5.74, 6) is 0.595. The Hall–Kier alpha value is -3.02. The van der Waals surface area contributed by atoms with E-state index in [-0.39, 0.29) is 12.5 Å². The molecule has 0 aliphatic carbocycles. The van der Waals surface area contributed by atoms with E-state index in [9.17, 15) is 4.79 Å². The van der Waals surface area contributed by atoms with Crippen LogP contribution < -0.4 is 5.32 Å². The van der Waals surface area contributed by atoms with Crippen LogP contribution in [-0.2, 0) is 6.54 Å². The van der Waals surface area contributed by atoms with Crippen LogP contribution in [0.4, 0.5) is 0 Å². The van der Waals surface area contributed by atoms with Crippen molar-refractivity contribution in [2.24, 2.45) is 0 Å². The van der Waals surface area contributed by atoms with E-state index < -0.39 is 0 Å². The summed E-state index contributed by atoms with van der Waals surface area (Å²) in [6.45, 7) is 2.08. The number of hydrogen-bond acceptors (Lipinski definition) is 5. The fourth-order valence-electron chi connectivity index (χ4n) is 2.01. The van der Waals surface area contributed by atoms with Crippen molar-refractivity contribution in [3.63, 3.8) is 0 Å². The molecule has 0 radical (unpaired) electrons. The number of aryl methyl sites for hydroxylation is 1. The molecule has 0 saturated heterocycles. The number of rotatable bonds is 4. The summed E-state index contributed by atoms with van der Waals surface area (Å²) >= 11 is 0. The zero-order chi connectivity index (χ0) is 15.4. The number of nitrogens with one attached hydrogen (secondary N) is 1. The van der Waals surface area contributed by atoms with Gasteiger partial charge in [0.1, 0.15) is 0 Å². The second-order valence-electron chi connectivity index (χ2n) is 4.73. The fourth-order valence-corrected chi connectivity index (χ4v) is 2.01. The lowest BCUT2D eigenvalue weighted by atomic mass is 10.1. The van der Waals surface area contributed by atoms with Gasteiger partial charge in [-0.05, 0) is 30.7 Å². The molecule has 2 heterocycles. The van der Waals surface area contributed by atoms with Gasteiger partial charge < -0.3 is 9.73 Å². The lowest BCUT2D eigenvalue weighted by Gasteiger charge is -2.05. The Morgan fingerprint density at radius 1 is 1.14 bits per heavy atom. The molecule has 3 aromatic rings. The first-order chi connectivity index (χ1) is 10.7. The van der Waals surface area contributed by atoms with Crippen LogP contribution in [0, 0.1) is 6.92 Å². The smallest absolute Gasteiger partial charge is 0.251 e. The molecule has 0 aliphatic heterocycles. The number of benzene rings is 1. The van der Waals surface area contributed by atoms with Crippen molar-refractivity contribution in [1.29, 1.82) is 0 Å². The number of carbonyl (C=O) groups is 1. The van der Waals surface area contributed by atoms with Crippen molar-refractivity contribution in [1.82, 2.24) is 20.5 Å². The Morgan fingerprint density at radius 3 is 2.68 bits per heavy atom. The van der Waals surface area contributed by atoms with Gasteiger partial charge in [0.05, 0.1) is 6.54 Å². The lowest BCUT2D eigenvalue weighted by molar-refractivity contribution is 0.0946. The van der Waals surface area contributed by atoms with Gasteiger partial charge in [-0.1, -0.05) is 18.2 Å². The van der Waals surface area contributed by atoms with Gasteiger partial charge in [0, 0.05) is 23.5 Å². The van der Waals surface area contributed by atoms with Crippen LogP contribution in [0.2, 0.25) is 0 Å². The first-order valence-corrected chi connectivity index (χ1v) is 6.80. The third kappa shape index (κ3) is 3.01. The normalized spacial score (nSPS) is 10.4. The van der Waals surface area contributed by atoms with Crippen molar-refractivity contribution in [2.45, 2.75) is 13.5 Å². The molecule has 0 spiro atoms. The average Bonchev–Trinajstić information content (AvgIpc) is 3.03. The first-order valence-electron chi connectivity index (χ1n) is 6.80. The van der Waals surface area contributed by atoms with Gasteiger partial charge in [0.25, 0.3) is 5.91 Å². The molecule has 0 atom stereocenters. The topological polar surface area (TPSA) is 80.9 Å². The number of aromatic nitrogens is 3. The molecule has 6 nitrogen and oxygen atoms in total. The SMILES string of the molecule is Cc1ccccc1C(=O)NCc1nnc(-c2ccncc2)o1. The molecular formula is C16H14N4O2. The Kier molecular flexibility index (Phi) is 3.91. The minimum absolute atomic E-state index is 0.165. The van der Waals surface area contributed by atoms with Gasteiger partial charge in [-0.2, -0.15) is 0 Å². The molecule has 1 amide bonds. The van der Waals surface area contributed by atoms with Gasteiger partial charge in [-0.15, -0.1) is 10.2 Å². The van der Waals surface area contributed by atoms with E-state index in [4.69, 9.17) is 4.42 Å². The summed E-state index contributed by atoms with van der Waals surface area (Å²) in [5, 5.41) is 10.7. The minimum Gasteiger partial charge on any atom is -0.419 e. The van der Waals surface area contributed by atoms with Crippen molar-refractivity contribution in [3.8, 4) is 11.5 Å². The minimum atomic E-state index is -0.165. The summed E-state index contributed by atoms with van der Waals surface area (Å²) in [7, 11) is 0. The molecule has 3 rings (SSSR count).